The molecule has 0 aromatic carbocycles. The maximum absolute atomic E-state index is 6.25. The SMILES string of the molecule is O.O.O.[C-]#N.[C-]#N.[C-]#N.[C-]#N.[K+].[K+].[Pt+2]. The van der Waals surface area contributed by atoms with E-state index in [9.17, 15) is 0 Å². The van der Waals surface area contributed by atoms with Crippen LogP contribution in [0.25, 0.3) is 0 Å². The second-order valence-corrected chi connectivity index (χ2v) is 0. The Morgan fingerprint density at radius 3 is 0.429 bits per heavy atom. The molecule has 0 saturated heterocycles. The molecule has 0 heterocycles. The summed E-state index contributed by atoms with van der Waals surface area (Å²) < 4.78 is 0. The zero-order valence-electron chi connectivity index (χ0n) is 7.61. The second kappa shape index (κ2) is 869. The predicted octanol–water partition coefficient (Wildman–Crippen LogP) is -8.08. The van der Waals surface area contributed by atoms with Gasteiger partial charge in [-0.3, -0.25) is 0 Å². The van der Waals surface area contributed by atoms with E-state index in [0.717, 1.165) is 0 Å². The number of nitrogens with zero attached hydrogens (tertiary/aromatic N) is 4. The molecule has 14 heavy (non-hydrogen) atoms. The molecule has 0 radical (unpaired) electrons. The van der Waals surface area contributed by atoms with Crippen LogP contribution in [0.1, 0.15) is 0 Å². The van der Waals surface area contributed by atoms with Crippen LogP contribution in [0.5, 0.6) is 0 Å². The second-order valence-electron chi connectivity index (χ2n) is 0. The Morgan fingerprint density at radius 1 is 0.429 bits per heavy atom. The molecule has 6 N–H and O–H groups in total. The Balaban J connectivity index is -0.00000000167. The molecule has 0 aromatic heterocycles. The van der Waals surface area contributed by atoms with Gasteiger partial charge in [-0.15, -0.1) is 0 Å². The van der Waals surface area contributed by atoms with Crippen molar-refractivity contribution in [2.45, 2.75) is 0 Å². The van der Waals surface area contributed by atoms with Crippen LogP contribution in [0.3, 0.4) is 0 Å². The molecule has 0 aromatic rings. The third-order valence-electron chi connectivity index (χ3n) is 0. The molecular formula is C4H6K2N4O3Pt. The average Bonchev–Trinajstić information content (AvgIpc) is 2.03. The third kappa shape index (κ3) is 697. The summed E-state index contributed by atoms with van der Waals surface area (Å²) in [6, 6.07) is 0. The molecule has 0 aliphatic carbocycles. The van der Waals surface area contributed by atoms with E-state index in [-0.39, 0.29) is 140 Å². The van der Waals surface area contributed by atoms with Gasteiger partial charge in [0.25, 0.3) is 0 Å². The summed E-state index contributed by atoms with van der Waals surface area (Å²) in [4.78, 5) is 0. The van der Waals surface area contributed by atoms with E-state index in [1.54, 1.807) is 0 Å². The molecule has 10 heteroatoms. The van der Waals surface area contributed by atoms with Crippen LogP contribution in [0.15, 0.2) is 0 Å². The van der Waals surface area contributed by atoms with Gasteiger partial charge in [0.1, 0.15) is 0 Å². The van der Waals surface area contributed by atoms with Crippen molar-refractivity contribution in [1.82, 2.24) is 0 Å². The molecule has 0 atom stereocenters. The van der Waals surface area contributed by atoms with Crippen LogP contribution in [-0.4, -0.2) is 16.4 Å². The van der Waals surface area contributed by atoms with E-state index in [1.807, 2.05) is 0 Å². The molecule has 0 saturated carbocycles. The van der Waals surface area contributed by atoms with E-state index >= 15 is 0 Å². The molecule has 0 spiro atoms. The van der Waals surface area contributed by atoms with Crippen molar-refractivity contribution in [3.63, 3.8) is 0 Å². The van der Waals surface area contributed by atoms with Crippen LogP contribution >= 0.6 is 0 Å². The smallest absolute Gasteiger partial charge is 0.512 e. The van der Waals surface area contributed by atoms with Gasteiger partial charge in [-0.25, -0.2) is 0 Å². The summed E-state index contributed by atoms with van der Waals surface area (Å²) in [7, 11) is 0. The fourth-order valence-electron chi connectivity index (χ4n) is 0. The molecule has 0 fully saturated rings. The predicted molar refractivity (Wildman–Crippen MR) is 30.7 cm³/mol. The van der Waals surface area contributed by atoms with Crippen molar-refractivity contribution < 1.29 is 140 Å². The van der Waals surface area contributed by atoms with Crippen LogP contribution in [0.4, 0.5) is 0 Å². The van der Waals surface area contributed by atoms with Gasteiger partial charge < -0.3 is 63.8 Å². The minimum Gasteiger partial charge on any atom is -0.512 e. The fourth-order valence-corrected chi connectivity index (χ4v) is 0. The number of rotatable bonds is 0. The first-order chi connectivity index (χ1) is 4.00. The molecule has 0 aliphatic rings. The van der Waals surface area contributed by atoms with E-state index < -0.39 is 0 Å². The third-order valence-corrected chi connectivity index (χ3v) is 0. The summed E-state index contributed by atoms with van der Waals surface area (Å²) in [5, 5.41) is 25.0. The quantitative estimate of drug-likeness (QED) is 0.272. The molecule has 7 nitrogen and oxygen atoms in total. The van der Waals surface area contributed by atoms with E-state index in [0.29, 0.717) is 0 Å². The maximum atomic E-state index is 6.25. The standard InChI is InChI=1S/4CN.2K.3H2O.Pt/c4*1-2;;;;;;/h;;;;;;3*1H2;/q4*-1;2*+1;;;;+2. The Morgan fingerprint density at radius 2 is 0.429 bits per heavy atom. The van der Waals surface area contributed by atoms with Crippen molar-refractivity contribution in [1.29, 1.82) is 21.0 Å². The Hall–Kier alpha value is 1.80. The van der Waals surface area contributed by atoms with Gasteiger partial charge in [-0.05, 0) is 0 Å². The first kappa shape index (κ1) is 103. The van der Waals surface area contributed by atoms with Gasteiger partial charge in [0, 0.05) is 0 Å². The minimum atomic E-state index is 0. The van der Waals surface area contributed by atoms with E-state index in [2.05, 4.69) is 0 Å². The number of hydrogen-bond donors (Lipinski definition) is 0. The van der Waals surface area contributed by atoms with Crippen molar-refractivity contribution >= 4 is 0 Å². The summed E-state index contributed by atoms with van der Waals surface area (Å²) in [5.74, 6) is 0. The van der Waals surface area contributed by atoms with Crippen molar-refractivity contribution in [2.75, 3.05) is 0 Å². The summed E-state index contributed by atoms with van der Waals surface area (Å²) in [6.07, 6.45) is 0. The summed E-state index contributed by atoms with van der Waals surface area (Å²) in [5.41, 5.74) is 0. The zero-order valence-corrected chi connectivity index (χ0v) is 16.1. The molecule has 0 aliphatic heterocycles. The van der Waals surface area contributed by atoms with Gasteiger partial charge in [0.15, 0.2) is 0 Å². The summed E-state index contributed by atoms with van der Waals surface area (Å²) >= 11 is 0. The average molecular weight is 431 g/mol. The molecular weight excluding hydrogens is 425 g/mol. The first-order valence-corrected chi connectivity index (χ1v) is 0.894. The van der Waals surface area contributed by atoms with Crippen molar-refractivity contribution in [2.24, 2.45) is 0 Å². The fraction of sp³-hybridized carbons (Fsp3) is 0. The van der Waals surface area contributed by atoms with Crippen LogP contribution < -0.4 is 103 Å². The van der Waals surface area contributed by atoms with Crippen LogP contribution in [0, 0.1) is 47.3 Å². The van der Waals surface area contributed by atoms with Gasteiger partial charge >= 0.3 is 124 Å². The molecule has 0 rings (SSSR count). The van der Waals surface area contributed by atoms with E-state index in [1.165, 1.54) is 0 Å². The van der Waals surface area contributed by atoms with E-state index in [4.69, 9.17) is 47.3 Å². The molecule has 0 amide bonds. The van der Waals surface area contributed by atoms with Crippen LogP contribution in [-0.2, 0) is 21.1 Å². The van der Waals surface area contributed by atoms with Gasteiger partial charge in [0.2, 0.25) is 0 Å². The molecule has 0 bridgehead atoms. The maximum Gasteiger partial charge on any atom is 2.00 e. The largest absolute Gasteiger partial charge is 2.00 e. The monoisotopic (exact) mass is 431 g/mol. The normalized spacial score (nSPS) is 0.571. The topological polar surface area (TPSA) is 190 Å². The summed E-state index contributed by atoms with van der Waals surface area (Å²) in [6.45, 7) is 19.0. The first-order valence-electron chi connectivity index (χ1n) is 0.894. The zero-order chi connectivity index (χ0) is 8.00. The number of hydrogen-bond acceptors (Lipinski definition) is 4. The van der Waals surface area contributed by atoms with Crippen molar-refractivity contribution in [3.05, 3.63) is 26.3 Å². The molecule has 0 unspecified atom stereocenters. The Bertz CT molecular complexity index is 73.6. The van der Waals surface area contributed by atoms with Crippen LogP contribution in [0.2, 0.25) is 0 Å². The van der Waals surface area contributed by atoms with Gasteiger partial charge in [-0.2, -0.15) is 0 Å². The Kier molecular flexibility index (Phi) is 6390. The minimum absolute atomic E-state index is 0. The molecule has 72 valence electrons. The van der Waals surface area contributed by atoms with Gasteiger partial charge in [-0.1, -0.05) is 0 Å². The van der Waals surface area contributed by atoms with Gasteiger partial charge in [0.05, 0.1) is 0 Å². The van der Waals surface area contributed by atoms with Crippen molar-refractivity contribution in [3.8, 4) is 0 Å². The Labute approximate surface area is 183 Å².